The molecule has 0 saturated heterocycles. The van der Waals surface area contributed by atoms with Gasteiger partial charge in [0, 0.05) is 12.0 Å². The van der Waals surface area contributed by atoms with Gasteiger partial charge in [0.15, 0.2) is 0 Å². The lowest BCUT2D eigenvalue weighted by Crippen LogP contribution is -2.41. The molecule has 0 aliphatic carbocycles. The van der Waals surface area contributed by atoms with Crippen LogP contribution in [0.15, 0.2) is 0 Å². The van der Waals surface area contributed by atoms with Gasteiger partial charge in [-0.15, -0.1) is 0 Å². The smallest absolute Gasteiger partial charge is 0.220 e. The van der Waals surface area contributed by atoms with E-state index in [4.69, 9.17) is 0 Å². The first-order valence-electron chi connectivity index (χ1n) is 4.63. The van der Waals surface area contributed by atoms with Crippen LogP contribution < -0.4 is 5.32 Å². The van der Waals surface area contributed by atoms with Gasteiger partial charge in [0.1, 0.15) is 0 Å². The van der Waals surface area contributed by atoms with Gasteiger partial charge < -0.3 is 10.4 Å². The predicted octanol–water partition coefficient (Wildman–Crippen LogP) is 1.45. The second-order valence-corrected chi connectivity index (χ2v) is 5.11. The van der Waals surface area contributed by atoms with E-state index >= 15 is 0 Å². The Kier molecular flexibility index (Phi) is 3.91. The van der Waals surface area contributed by atoms with Crippen molar-refractivity contribution in [1.82, 2.24) is 5.32 Å². The molecule has 13 heavy (non-hydrogen) atoms. The van der Waals surface area contributed by atoms with Gasteiger partial charge in [-0.3, -0.25) is 4.79 Å². The molecule has 0 heterocycles. The number of rotatable bonds is 3. The molecule has 0 atom stereocenters. The van der Waals surface area contributed by atoms with Crippen LogP contribution in [0.3, 0.4) is 0 Å². The monoisotopic (exact) mass is 187 g/mol. The Balaban J connectivity index is 3.78. The van der Waals surface area contributed by atoms with Gasteiger partial charge in [-0.2, -0.15) is 0 Å². The van der Waals surface area contributed by atoms with Crippen molar-refractivity contribution in [3.05, 3.63) is 0 Å². The third kappa shape index (κ3) is 9.34. The second kappa shape index (κ2) is 4.09. The van der Waals surface area contributed by atoms with E-state index < -0.39 is 5.60 Å². The van der Waals surface area contributed by atoms with Gasteiger partial charge in [0.25, 0.3) is 0 Å². The third-order valence-corrected chi connectivity index (χ3v) is 1.48. The van der Waals surface area contributed by atoms with E-state index in [-0.39, 0.29) is 11.4 Å². The summed E-state index contributed by atoms with van der Waals surface area (Å²) in [5.41, 5.74) is -0.939. The van der Waals surface area contributed by atoms with Gasteiger partial charge in [-0.25, -0.2) is 0 Å². The van der Waals surface area contributed by atoms with Crippen molar-refractivity contribution in [3.63, 3.8) is 0 Å². The third-order valence-electron chi connectivity index (χ3n) is 1.48. The Morgan fingerprint density at radius 1 is 1.23 bits per heavy atom. The van der Waals surface area contributed by atoms with Crippen LogP contribution in [0.5, 0.6) is 0 Å². The molecule has 0 aromatic rings. The molecular formula is C10H21NO2. The molecule has 0 saturated carbocycles. The minimum Gasteiger partial charge on any atom is -0.390 e. The summed E-state index contributed by atoms with van der Waals surface area (Å²) in [6.45, 7) is 9.23. The van der Waals surface area contributed by atoms with E-state index in [0.717, 1.165) is 0 Å². The molecule has 3 heteroatoms. The predicted molar refractivity (Wildman–Crippen MR) is 53.4 cm³/mol. The first kappa shape index (κ1) is 12.4. The molecule has 0 bridgehead atoms. The number of carbonyl (C=O) groups is 1. The summed E-state index contributed by atoms with van der Waals surface area (Å²) in [4.78, 5) is 11.3. The summed E-state index contributed by atoms with van der Waals surface area (Å²) < 4.78 is 0. The maximum atomic E-state index is 11.3. The van der Waals surface area contributed by atoms with E-state index in [1.54, 1.807) is 13.8 Å². The maximum Gasteiger partial charge on any atom is 0.220 e. The molecule has 78 valence electrons. The summed E-state index contributed by atoms with van der Waals surface area (Å²) in [5, 5.41) is 12.2. The summed E-state index contributed by atoms with van der Waals surface area (Å²) >= 11 is 0. The standard InChI is InChI=1S/C10H21NO2/c1-9(2,3)11-8(12)6-7-10(4,5)13/h13H,6-7H2,1-5H3,(H,11,12). The van der Waals surface area contributed by atoms with Crippen molar-refractivity contribution in [2.45, 2.75) is 58.6 Å². The van der Waals surface area contributed by atoms with Crippen LogP contribution in [0.1, 0.15) is 47.5 Å². The highest BCUT2D eigenvalue weighted by Crippen LogP contribution is 2.10. The van der Waals surface area contributed by atoms with E-state index in [1.165, 1.54) is 0 Å². The summed E-state index contributed by atoms with van der Waals surface area (Å²) in [5.74, 6) is -0.00498. The molecule has 0 aliphatic rings. The molecule has 3 nitrogen and oxygen atoms in total. The summed E-state index contributed by atoms with van der Waals surface area (Å²) in [7, 11) is 0. The van der Waals surface area contributed by atoms with Crippen LogP contribution in [0, 0.1) is 0 Å². The first-order chi connectivity index (χ1) is 5.60. The van der Waals surface area contributed by atoms with Crippen LogP contribution in [-0.2, 0) is 4.79 Å². The molecule has 1 amide bonds. The zero-order chi connectivity index (χ0) is 10.7. The zero-order valence-corrected chi connectivity index (χ0v) is 9.27. The number of amides is 1. The Bertz CT molecular complexity index is 174. The highest BCUT2D eigenvalue weighted by atomic mass is 16.3. The first-order valence-corrected chi connectivity index (χ1v) is 4.63. The molecule has 2 N–H and O–H groups in total. The molecular weight excluding hydrogens is 166 g/mol. The minimum atomic E-state index is -0.755. The van der Waals surface area contributed by atoms with Gasteiger partial charge in [0.2, 0.25) is 5.91 Å². The second-order valence-electron chi connectivity index (χ2n) is 5.11. The largest absolute Gasteiger partial charge is 0.390 e. The van der Waals surface area contributed by atoms with Crippen molar-refractivity contribution < 1.29 is 9.90 Å². The SMILES string of the molecule is CC(C)(O)CCC(=O)NC(C)(C)C. The average molecular weight is 187 g/mol. The molecule has 0 unspecified atom stereocenters. The fourth-order valence-corrected chi connectivity index (χ4v) is 0.900. The molecule has 0 aromatic heterocycles. The molecule has 0 spiro atoms. The summed E-state index contributed by atoms with van der Waals surface area (Å²) in [6.07, 6.45) is 0.871. The van der Waals surface area contributed by atoms with Crippen molar-refractivity contribution >= 4 is 5.91 Å². The fraction of sp³-hybridized carbons (Fsp3) is 0.900. The Hall–Kier alpha value is -0.570. The van der Waals surface area contributed by atoms with Crippen molar-refractivity contribution in [2.24, 2.45) is 0 Å². The topological polar surface area (TPSA) is 49.3 Å². The molecule has 0 aromatic carbocycles. The highest BCUT2D eigenvalue weighted by Gasteiger charge is 2.17. The number of hydrogen-bond donors (Lipinski definition) is 2. The van der Waals surface area contributed by atoms with E-state index in [2.05, 4.69) is 5.32 Å². The molecule has 0 aliphatic heterocycles. The molecule has 0 fully saturated rings. The lowest BCUT2D eigenvalue weighted by Gasteiger charge is -2.22. The van der Waals surface area contributed by atoms with E-state index in [0.29, 0.717) is 12.8 Å². The number of carbonyl (C=O) groups excluding carboxylic acids is 1. The van der Waals surface area contributed by atoms with Crippen LogP contribution in [-0.4, -0.2) is 22.2 Å². The van der Waals surface area contributed by atoms with Crippen molar-refractivity contribution in [3.8, 4) is 0 Å². The fourth-order valence-electron chi connectivity index (χ4n) is 0.900. The van der Waals surface area contributed by atoms with Gasteiger partial charge >= 0.3 is 0 Å². The molecule has 0 radical (unpaired) electrons. The number of hydrogen-bond acceptors (Lipinski definition) is 2. The minimum absolute atomic E-state index is 0.00498. The van der Waals surface area contributed by atoms with Gasteiger partial charge in [-0.1, -0.05) is 0 Å². The zero-order valence-electron chi connectivity index (χ0n) is 9.27. The average Bonchev–Trinajstić information content (AvgIpc) is 1.78. The lowest BCUT2D eigenvalue weighted by molar-refractivity contribution is -0.123. The van der Waals surface area contributed by atoms with Gasteiger partial charge in [0.05, 0.1) is 5.60 Å². The van der Waals surface area contributed by atoms with E-state index in [1.807, 2.05) is 20.8 Å². The Morgan fingerprint density at radius 3 is 2.00 bits per heavy atom. The number of aliphatic hydroxyl groups is 1. The van der Waals surface area contributed by atoms with Gasteiger partial charge in [-0.05, 0) is 41.0 Å². The van der Waals surface area contributed by atoms with Crippen molar-refractivity contribution in [2.75, 3.05) is 0 Å². The lowest BCUT2D eigenvalue weighted by atomic mass is 10.0. The highest BCUT2D eigenvalue weighted by molar-refractivity contribution is 5.76. The maximum absolute atomic E-state index is 11.3. The summed E-state index contributed by atoms with van der Waals surface area (Å²) in [6, 6.07) is 0. The van der Waals surface area contributed by atoms with Crippen LogP contribution in [0.25, 0.3) is 0 Å². The molecule has 0 rings (SSSR count). The Labute approximate surface area is 80.5 Å². The number of nitrogens with one attached hydrogen (secondary N) is 1. The van der Waals surface area contributed by atoms with Crippen LogP contribution in [0.4, 0.5) is 0 Å². The quantitative estimate of drug-likeness (QED) is 0.702. The Morgan fingerprint density at radius 2 is 1.69 bits per heavy atom. The van der Waals surface area contributed by atoms with E-state index in [9.17, 15) is 9.90 Å². The van der Waals surface area contributed by atoms with Crippen LogP contribution in [0.2, 0.25) is 0 Å². The van der Waals surface area contributed by atoms with Crippen molar-refractivity contribution in [1.29, 1.82) is 0 Å². The van der Waals surface area contributed by atoms with Crippen LogP contribution >= 0.6 is 0 Å². The normalized spacial score (nSPS) is 12.8.